The van der Waals surface area contributed by atoms with Crippen LogP contribution in [0.3, 0.4) is 0 Å². The molecular formula is C23H30N2O6. The number of rotatable bonds is 9. The van der Waals surface area contributed by atoms with Gasteiger partial charge in [0.15, 0.2) is 6.61 Å². The lowest BCUT2D eigenvalue weighted by atomic mass is 10.1. The third-order valence-corrected chi connectivity index (χ3v) is 4.71. The molecule has 0 bridgehead atoms. The molecule has 0 saturated carbocycles. The lowest BCUT2D eigenvalue weighted by Crippen LogP contribution is -2.31. The molecule has 0 radical (unpaired) electrons. The summed E-state index contributed by atoms with van der Waals surface area (Å²) in [4.78, 5) is 29.6. The molecule has 1 aromatic heterocycles. The van der Waals surface area contributed by atoms with E-state index in [1.807, 2.05) is 57.2 Å². The summed E-state index contributed by atoms with van der Waals surface area (Å²) in [5.74, 6) is -0.0800. The van der Waals surface area contributed by atoms with Gasteiger partial charge in [0.2, 0.25) is 0 Å². The summed E-state index contributed by atoms with van der Waals surface area (Å²) in [6, 6.07) is 11.3. The van der Waals surface area contributed by atoms with E-state index >= 15 is 0 Å². The molecule has 1 saturated heterocycles. The summed E-state index contributed by atoms with van der Waals surface area (Å²) in [5, 5.41) is 5.89. The van der Waals surface area contributed by atoms with Gasteiger partial charge < -0.3 is 14.0 Å². The van der Waals surface area contributed by atoms with Crippen molar-refractivity contribution in [3.05, 3.63) is 53.4 Å². The number of aryl methyl sites for hydroxylation is 1. The van der Waals surface area contributed by atoms with Crippen molar-refractivity contribution >= 4 is 11.9 Å². The number of benzene rings is 1. The van der Waals surface area contributed by atoms with Gasteiger partial charge in [0, 0.05) is 19.0 Å². The Morgan fingerprint density at radius 3 is 2.71 bits per heavy atom. The molecule has 0 amide bonds. The zero-order chi connectivity index (χ0) is 22.3. The van der Waals surface area contributed by atoms with Crippen LogP contribution in [0.15, 0.2) is 40.9 Å². The molecule has 1 fully saturated rings. The number of ether oxygens (including phenoxy) is 2. The minimum Gasteiger partial charge on any atom is -0.461 e. The first kappa shape index (κ1) is 23.0. The zero-order valence-corrected chi connectivity index (χ0v) is 18.3. The fourth-order valence-corrected chi connectivity index (χ4v) is 3.34. The van der Waals surface area contributed by atoms with E-state index in [-0.39, 0.29) is 31.6 Å². The predicted molar refractivity (Wildman–Crippen MR) is 112 cm³/mol. The molecule has 1 aromatic carbocycles. The Labute approximate surface area is 182 Å². The van der Waals surface area contributed by atoms with Crippen LogP contribution in [0.4, 0.5) is 0 Å². The number of carbonyl (C=O) groups excluding carboxylic acids is 2. The highest BCUT2D eigenvalue weighted by atomic mass is 16.7. The maximum absolute atomic E-state index is 12.0. The van der Waals surface area contributed by atoms with E-state index in [4.69, 9.17) is 18.8 Å². The number of carbonyl (C=O) groups is 2. The molecule has 31 heavy (non-hydrogen) atoms. The van der Waals surface area contributed by atoms with Crippen molar-refractivity contribution in [2.45, 2.75) is 64.7 Å². The first-order valence-corrected chi connectivity index (χ1v) is 10.6. The molecule has 2 heterocycles. The summed E-state index contributed by atoms with van der Waals surface area (Å²) in [5.41, 5.74) is 1.13. The average molecular weight is 431 g/mol. The summed E-state index contributed by atoms with van der Waals surface area (Å²) in [6.45, 7) is 6.26. The van der Waals surface area contributed by atoms with E-state index in [2.05, 4.69) is 5.16 Å². The largest absolute Gasteiger partial charge is 0.461 e. The van der Waals surface area contributed by atoms with Gasteiger partial charge in [-0.3, -0.25) is 9.63 Å². The number of nitrogens with zero attached hydrogens (tertiary/aromatic N) is 2. The lowest BCUT2D eigenvalue weighted by Gasteiger charge is -2.23. The molecule has 1 aliphatic rings. The Kier molecular flexibility index (Phi) is 7.81. The minimum absolute atomic E-state index is 0.0926. The minimum atomic E-state index is -0.548. The molecule has 0 N–H and O–H groups in total. The zero-order valence-electron chi connectivity index (χ0n) is 18.3. The SMILES string of the molecule is CC(C)(C)OC(=O)CON1CCC[C@H]1c1cc(CCC(=O)OCc2ccccc2)on1. The molecular weight excluding hydrogens is 400 g/mol. The van der Waals surface area contributed by atoms with E-state index in [0.717, 1.165) is 24.1 Å². The van der Waals surface area contributed by atoms with E-state index < -0.39 is 11.6 Å². The van der Waals surface area contributed by atoms with E-state index in [9.17, 15) is 9.59 Å². The number of aromatic nitrogens is 1. The summed E-state index contributed by atoms with van der Waals surface area (Å²) >= 11 is 0. The molecule has 3 rings (SSSR count). The second-order valence-corrected chi connectivity index (χ2v) is 8.52. The van der Waals surface area contributed by atoms with Crippen molar-refractivity contribution in [3.63, 3.8) is 0 Å². The van der Waals surface area contributed by atoms with Gasteiger partial charge in [-0.05, 0) is 39.2 Å². The molecule has 8 nitrogen and oxygen atoms in total. The smallest absolute Gasteiger partial charge is 0.334 e. The van der Waals surface area contributed by atoms with Gasteiger partial charge >= 0.3 is 11.9 Å². The van der Waals surface area contributed by atoms with Crippen molar-refractivity contribution < 1.29 is 28.4 Å². The normalized spacial score (nSPS) is 16.9. The average Bonchev–Trinajstić information content (AvgIpc) is 3.37. The Balaban J connectivity index is 1.44. The Bertz CT molecular complexity index is 858. The van der Waals surface area contributed by atoms with Gasteiger partial charge in [-0.1, -0.05) is 35.5 Å². The molecule has 0 aliphatic carbocycles. The van der Waals surface area contributed by atoms with E-state index in [1.165, 1.54) is 0 Å². The van der Waals surface area contributed by atoms with Crippen LogP contribution in [0.5, 0.6) is 0 Å². The fraction of sp³-hybridized carbons (Fsp3) is 0.522. The number of hydrogen-bond donors (Lipinski definition) is 0. The molecule has 0 spiro atoms. The van der Waals surface area contributed by atoms with Crippen molar-refractivity contribution in [1.82, 2.24) is 10.2 Å². The Hall–Kier alpha value is -2.71. The molecule has 168 valence electrons. The lowest BCUT2D eigenvalue weighted by molar-refractivity contribution is -0.198. The fourth-order valence-electron chi connectivity index (χ4n) is 3.34. The number of hydrogen-bond acceptors (Lipinski definition) is 8. The van der Waals surface area contributed by atoms with Crippen LogP contribution in [0, 0.1) is 0 Å². The van der Waals surface area contributed by atoms with Gasteiger partial charge in [0.25, 0.3) is 0 Å². The summed E-state index contributed by atoms with van der Waals surface area (Å²) in [6.07, 6.45) is 2.39. The third kappa shape index (κ3) is 7.48. The number of hydroxylamine groups is 2. The van der Waals surface area contributed by atoms with Crippen molar-refractivity contribution in [3.8, 4) is 0 Å². The molecule has 0 unspecified atom stereocenters. The Morgan fingerprint density at radius 1 is 1.19 bits per heavy atom. The number of esters is 2. The van der Waals surface area contributed by atoms with Gasteiger partial charge in [0.1, 0.15) is 23.7 Å². The first-order valence-electron chi connectivity index (χ1n) is 10.6. The predicted octanol–water partition coefficient (Wildman–Crippen LogP) is 3.76. The highest BCUT2D eigenvalue weighted by molar-refractivity contribution is 5.71. The van der Waals surface area contributed by atoms with E-state index in [0.29, 0.717) is 18.7 Å². The van der Waals surface area contributed by atoms with Gasteiger partial charge in [-0.15, -0.1) is 0 Å². The van der Waals surface area contributed by atoms with Crippen LogP contribution >= 0.6 is 0 Å². The van der Waals surface area contributed by atoms with Gasteiger partial charge in [-0.25, -0.2) is 4.79 Å². The summed E-state index contributed by atoms with van der Waals surface area (Å²) in [7, 11) is 0. The van der Waals surface area contributed by atoms with Crippen LogP contribution in [0.25, 0.3) is 0 Å². The van der Waals surface area contributed by atoms with Crippen LogP contribution in [-0.4, -0.2) is 40.9 Å². The molecule has 1 aliphatic heterocycles. The maximum atomic E-state index is 12.0. The van der Waals surface area contributed by atoms with Crippen LogP contribution in [-0.2, 0) is 36.9 Å². The monoisotopic (exact) mass is 430 g/mol. The van der Waals surface area contributed by atoms with Gasteiger partial charge in [-0.2, -0.15) is 5.06 Å². The van der Waals surface area contributed by atoms with Crippen LogP contribution < -0.4 is 0 Å². The van der Waals surface area contributed by atoms with Gasteiger partial charge in [0.05, 0.1) is 12.5 Å². The quantitative estimate of drug-likeness (QED) is 0.556. The second kappa shape index (κ2) is 10.5. The second-order valence-electron chi connectivity index (χ2n) is 8.52. The standard InChI is InChI=1S/C23H30N2O6/c1-23(2,3)30-22(27)16-29-25-13-7-10-20(25)19-14-18(31-24-19)11-12-21(26)28-15-17-8-5-4-6-9-17/h4-6,8-9,14,20H,7,10-13,15-16H2,1-3H3/t20-/m0/s1. The molecule has 1 atom stereocenters. The molecule has 8 heteroatoms. The molecule has 2 aromatic rings. The topological polar surface area (TPSA) is 91.1 Å². The van der Waals surface area contributed by atoms with Crippen molar-refractivity contribution in [2.24, 2.45) is 0 Å². The highest BCUT2D eigenvalue weighted by Gasteiger charge is 2.31. The highest BCUT2D eigenvalue weighted by Crippen LogP contribution is 2.32. The van der Waals surface area contributed by atoms with Crippen LogP contribution in [0.1, 0.15) is 63.1 Å². The van der Waals surface area contributed by atoms with Crippen LogP contribution in [0.2, 0.25) is 0 Å². The van der Waals surface area contributed by atoms with Crippen molar-refractivity contribution in [1.29, 1.82) is 0 Å². The first-order chi connectivity index (χ1) is 14.8. The Morgan fingerprint density at radius 2 is 1.97 bits per heavy atom. The van der Waals surface area contributed by atoms with Crippen molar-refractivity contribution in [2.75, 3.05) is 13.2 Å². The summed E-state index contributed by atoms with van der Waals surface area (Å²) < 4.78 is 16.0. The van der Waals surface area contributed by atoms with E-state index in [1.54, 1.807) is 5.06 Å². The maximum Gasteiger partial charge on any atom is 0.334 e. The third-order valence-electron chi connectivity index (χ3n) is 4.71.